The van der Waals surface area contributed by atoms with Crippen LogP contribution in [-0.2, 0) is 11.3 Å². The molecule has 18 heavy (non-hydrogen) atoms. The first-order chi connectivity index (χ1) is 8.70. The maximum atomic E-state index is 11.6. The van der Waals surface area contributed by atoms with Crippen molar-refractivity contribution in [2.45, 2.75) is 20.4 Å². The Morgan fingerprint density at radius 2 is 2.44 bits per heavy atom. The molecule has 2 aromatic rings. The van der Waals surface area contributed by atoms with Crippen molar-refractivity contribution in [3.63, 3.8) is 0 Å². The molecule has 0 unspecified atom stereocenters. The number of hydrogen-bond acceptors (Lipinski definition) is 7. The summed E-state index contributed by atoms with van der Waals surface area (Å²) in [6.45, 7) is 4.43. The van der Waals surface area contributed by atoms with Gasteiger partial charge >= 0.3 is 5.97 Å². The molecule has 0 bridgehead atoms. The molecule has 1 N–H and O–H groups in total. The number of nitrogens with zero attached hydrogens (tertiary/aromatic N) is 2. The Labute approximate surface area is 108 Å². The van der Waals surface area contributed by atoms with Crippen molar-refractivity contribution in [3.8, 4) is 0 Å². The van der Waals surface area contributed by atoms with Gasteiger partial charge in [0.15, 0.2) is 16.6 Å². The van der Waals surface area contributed by atoms with E-state index in [4.69, 9.17) is 9.26 Å². The number of ether oxygens (including phenoxy) is 1. The zero-order chi connectivity index (χ0) is 13.0. The molecular formula is C11H13N3O3S. The smallest absolute Gasteiger partial charge is 0.358 e. The van der Waals surface area contributed by atoms with Crippen molar-refractivity contribution < 1.29 is 14.1 Å². The maximum absolute atomic E-state index is 11.6. The fourth-order valence-electron chi connectivity index (χ4n) is 1.36. The van der Waals surface area contributed by atoms with Crippen molar-refractivity contribution in [2.75, 3.05) is 11.9 Å². The van der Waals surface area contributed by atoms with Gasteiger partial charge in [-0.05, 0) is 13.8 Å². The third-order valence-corrected chi connectivity index (χ3v) is 3.10. The van der Waals surface area contributed by atoms with Gasteiger partial charge in [-0.3, -0.25) is 0 Å². The number of rotatable bonds is 5. The highest BCUT2D eigenvalue weighted by Crippen LogP contribution is 2.23. The van der Waals surface area contributed by atoms with Crippen molar-refractivity contribution in [1.82, 2.24) is 10.1 Å². The lowest BCUT2D eigenvalue weighted by molar-refractivity contribution is 0.0519. The van der Waals surface area contributed by atoms with Crippen LogP contribution in [0.1, 0.15) is 28.0 Å². The SMILES string of the molecule is CCOC(=O)c1nc(NCc2ccno2)sc1C. The monoisotopic (exact) mass is 267 g/mol. The van der Waals surface area contributed by atoms with Gasteiger partial charge < -0.3 is 14.6 Å². The number of esters is 1. The average molecular weight is 267 g/mol. The van der Waals surface area contributed by atoms with Crippen molar-refractivity contribution in [3.05, 3.63) is 28.6 Å². The van der Waals surface area contributed by atoms with Crippen molar-refractivity contribution >= 4 is 22.4 Å². The molecule has 0 saturated carbocycles. The first-order valence-corrected chi connectivity index (χ1v) is 6.30. The van der Waals surface area contributed by atoms with Gasteiger partial charge in [0.25, 0.3) is 0 Å². The fourth-order valence-corrected chi connectivity index (χ4v) is 2.15. The van der Waals surface area contributed by atoms with Gasteiger partial charge in [0.05, 0.1) is 19.3 Å². The lowest BCUT2D eigenvalue weighted by atomic mass is 10.4. The second kappa shape index (κ2) is 5.63. The first-order valence-electron chi connectivity index (χ1n) is 5.48. The van der Waals surface area contributed by atoms with Crippen LogP contribution < -0.4 is 5.32 Å². The highest BCUT2D eigenvalue weighted by Gasteiger charge is 2.16. The predicted molar refractivity (Wildman–Crippen MR) is 66.6 cm³/mol. The van der Waals surface area contributed by atoms with Gasteiger partial charge in [0.2, 0.25) is 0 Å². The fraction of sp³-hybridized carbons (Fsp3) is 0.364. The maximum Gasteiger partial charge on any atom is 0.358 e. The Kier molecular flexibility index (Phi) is 3.93. The van der Waals surface area contributed by atoms with Crippen LogP contribution in [-0.4, -0.2) is 22.7 Å². The summed E-state index contributed by atoms with van der Waals surface area (Å²) < 4.78 is 9.87. The highest BCUT2D eigenvalue weighted by molar-refractivity contribution is 7.15. The Hall–Kier alpha value is -1.89. The minimum Gasteiger partial charge on any atom is -0.461 e. The molecule has 2 heterocycles. The Balaban J connectivity index is 2.02. The molecule has 0 spiro atoms. The first kappa shape index (κ1) is 12.6. The number of carbonyl (C=O) groups is 1. The van der Waals surface area contributed by atoms with Crippen LogP contribution >= 0.6 is 11.3 Å². The number of anilines is 1. The van der Waals surface area contributed by atoms with E-state index in [9.17, 15) is 4.79 Å². The van der Waals surface area contributed by atoms with Gasteiger partial charge in [-0.1, -0.05) is 5.16 Å². The average Bonchev–Trinajstić information content (AvgIpc) is 2.96. The van der Waals surface area contributed by atoms with Gasteiger partial charge in [-0.15, -0.1) is 11.3 Å². The summed E-state index contributed by atoms with van der Waals surface area (Å²) in [7, 11) is 0. The molecule has 0 amide bonds. The second-order valence-electron chi connectivity index (χ2n) is 3.48. The zero-order valence-corrected chi connectivity index (χ0v) is 10.9. The van der Waals surface area contributed by atoms with Gasteiger partial charge in [-0.25, -0.2) is 9.78 Å². The van der Waals surface area contributed by atoms with E-state index in [2.05, 4.69) is 15.5 Å². The summed E-state index contributed by atoms with van der Waals surface area (Å²) in [5, 5.41) is 7.33. The summed E-state index contributed by atoms with van der Waals surface area (Å²) in [5.41, 5.74) is 0.363. The number of aryl methyl sites for hydroxylation is 1. The standard InChI is InChI=1S/C11H13N3O3S/c1-3-16-10(15)9-7(2)18-11(14-9)12-6-8-4-5-13-17-8/h4-5H,3,6H2,1-2H3,(H,12,14). The summed E-state index contributed by atoms with van der Waals surface area (Å²) >= 11 is 1.41. The van der Waals surface area contributed by atoms with E-state index in [1.54, 1.807) is 19.2 Å². The highest BCUT2D eigenvalue weighted by atomic mass is 32.1. The van der Waals surface area contributed by atoms with Crippen LogP contribution in [0, 0.1) is 6.92 Å². The minimum atomic E-state index is -0.390. The lowest BCUT2D eigenvalue weighted by Gasteiger charge is -1.98. The van der Waals surface area contributed by atoms with Gasteiger partial charge in [0.1, 0.15) is 0 Å². The largest absolute Gasteiger partial charge is 0.461 e. The van der Waals surface area contributed by atoms with E-state index in [0.717, 1.165) is 4.88 Å². The van der Waals surface area contributed by atoms with Crippen LogP contribution in [0.5, 0.6) is 0 Å². The molecule has 2 rings (SSSR count). The normalized spacial score (nSPS) is 10.3. The Bertz CT molecular complexity index is 522. The molecule has 6 nitrogen and oxygen atoms in total. The Morgan fingerprint density at radius 1 is 1.61 bits per heavy atom. The van der Waals surface area contributed by atoms with Crippen LogP contribution in [0.25, 0.3) is 0 Å². The minimum absolute atomic E-state index is 0.344. The second-order valence-corrected chi connectivity index (χ2v) is 4.68. The molecule has 0 fully saturated rings. The van der Waals surface area contributed by atoms with Crippen LogP contribution in [0.2, 0.25) is 0 Å². The molecule has 0 saturated heterocycles. The molecule has 2 aromatic heterocycles. The number of aromatic nitrogens is 2. The van der Waals surface area contributed by atoms with E-state index in [-0.39, 0.29) is 5.97 Å². The zero-order valence-electron chi connectivity index (χ0n) is 10.1. The van der Waals surface area contributed by atoms with E-state index >= 15 is 0 Å². The van der Waals surface area contributed by atoms with E-state index in [0.29, 0.717) is 29.7 Å². The molecule has 0 atom stereocenters. The van der Waals surface area contributed by atoms with Crippen molar-refractivity contribution in [1.29, 1.82) is 0 Å². The van der Waals surface area contributed by atoms with Gasteiger partial charge in [-0.2, -0.15) is 0 Å². The van der Waals surface area contributed by atoms with E-state index in [1.807, 2.05) is 6.92 Å². The van der Waals surface area contributed by atoms with Crippen LogP contribution in [0.4, 0.5) is 5.13 Å². The molecule has 96 valence electrons. The van der Waals surface area contributed by atoms with Crippen LogP contribution in [0.3, 0.4) is 0 Å². The summed E-state index contributed by atoms with van der Waals surface area (Å²) in [6, 6.07) is 1.76. The topological polar surface area (TPSA) is 77.2 Å². The molecule has 0 aliphatic carbocycles. The summed E-state index contributed by atoms with van der Waals surface area (Å²) in [6.07, 6.45) is 1.58. The number of nitrogens with one attached hydrogen (secondary N) is 1. The molecule has 0 radical (unpaired) electrons. The van der Waals surface area contributed by atoms with Crippen molar-refractivity contribution in [2.24, 2.45) is 0 Å². The predicted octanol–water partition coefficient (Wildman–Crippen LogP) is 2.23. The quantitative estimate of drug-likeness (QED) is 0.837. The number of hydrogen-bond donors (Lipinski definition) is 1. The molecule has 7 heteroatoms. The third kappa shape index (κ3) is 2.86. The number of thiazole rings is 1. The van der Waals surface area contributed by atoms with E-state index in [1.165, 1.54) is 11.3 Å². The number of carbonyl (C=O) groups excluding carboxylic acids is 1. The summed E-state index contributed by atoms with van der Waals surface area (Å²) in [4.78, 5) is 16.6. The Morgan fingerprint density at radius 3 is 3.11 bits per heavy atom. The molecule has 0 aliphatic rings. The van der Waals surface area contributed by atoms with E-state index < -0.39 is 0 Å². The molecule has 0 aromatic carbocycles. The lowest BCUT2D eigenvalue weighted by Crippen LogP contribution is -2.07. The molecular weight excluding hydrogens is 254 g/mol. The van der Waals surface area contributed by atoms with Crippen LogP contribution in [0.15, 0.2) is 16.8 Å². The van der Waals surface area contributed by atoms with Gasteiger partial charge in [0, 0.05) is 10.9 Å². The molecule has 0 aliphatic heterocycles. The third-order valence-electron chi connectivity index (χ3n) is 2.17. The summed E-state index contributed by atoms with van der Waals surface area (Å²) in [5.74, 6) is 0.319.